The van der Waals surface area contributed by atoms with Crippen molar-refractivity contribution in [2.45, 2.75) is 114 Å². The minimum absolute atomic E-state index is 0.0260. The zero-order valence-electron chi connectivity index (χ0n) is 24.7. The summed E-state index contributed by atoms with van der Waals surface area (Å²) < 4.78 is 42.2. The minimum Gasteiger partial charge on any atom is -0.461 e. The number of nitrogens with zero attached hydrogens (tertiary/aromatic N) is 6. The average Bonchev–Trinajstić information content (AvgIpc) is 3.55. The third kappa shape index (κ3) is 4.57. The van der Waals surface area contributed by atoms with Crippen LogP contribution in [0.5, 0.6) is 6.01 Å². The highest BCUT2D eigenvalue weighted by Crippen LogP contribution is 2.46. The summed E-state index contributed by atoms with van der Waals surface area (Å²) in [6.07, 6.45) is 4.37. The third-order valence-electron chi connectivity index (χ3n) is 10.0. The van der Waals surface area contributed by atoms with E-state index in [9.17, 15) is 9.18 Å². The molecular weight excluding hydrogens is 566 g/mol. The van der Waals surface area contributed by atoms with Gasteiger partial charge in [-0.3, -0.25) is 9.80 Å². The summed E-state index contributed by atoms with van der Waals surface area (Å²) in [5.41, 5.74) is -0.214. The maximum Gasteiger partial charge on any atom is 0.410 e. The molecule has 0 radical (unpaired) electrons. The number of ether oxygens (including phenoxy) is 2. The minimum atomic E-state index is -0.885. The highest BCUT2D eigenvalue weighted by molar-refractivity contribution is 6.30. The smallest absolute Gasteiger partial charge is 0.410 e. The predicted molar refractivity (Wildman–Crippen MR) is 155 cm³/mol. The van der Waals surface area contributed by atoms with Gasteiger partial charge in [0.05, 0.1) is 34.7 Å². The molecule has 1 amide bonds. The normalized spacial score (nSPS) is 32.5. The summed E-state index contributed by atoms with van der Waals surface area (Å²) >= 11 is 6.32. The molecule has 7 rings (SSSR count). The molecule has 0 N–H and O–H groups in total. The van der Waals surface area contributed by atoms with E-state index in [4.69, 9.17) is 26.1 Å². The molecule has 6 atom stereocenters. The Morgan fingerprint density at radius 2 is 1.90 bits per heavy atom. The first-order chi connectivity index (χ1) is 19.9. The fraction of sp³-hybridized carbons (Fsp3) is 0.733. The first-order valence-electron chi connectivity index (χ1n) is 15.3. The number of rotatable bonds is 3. The summed E-state index contributed by atoms with van der Waals surface area (Å²) in [5, 5.41) is 0.334. The van der Waals surface area contributed by atoms with E-state index in [1.54, 1.807) is 0 Å². The lowest BCUT2D eigenvalue weighted by atomic mass is 9.88. The van der Waals surface area contributed by atoms with Gasteiger partial charge in [0, 0.05) is 19.5 Å². The van der Waals surface area contributed by atoms with E-state index < -0.39 is 23.1 Å². The van der Waals surface area contributed by atoms with Gasteiger partial charge in [-0.15, -0.1) is 0 Å². The van der Waals surface area contributed by atoms with Gasteiger partial charge in [0.25, 0.3) is 0 Å². The summed E-state index contributed by atoms with van der Waals surface area (Å²) in [4.78, 5) is 33.6. The van der Waals surface area contributed by atoms with E-state index in [2.05, 4.69) is 26.7 Å². The summed E-state index contributed by atoms with van der Waals surface area (Å²) in [5.74, 6) is -0.156. The monoisotopic (exact) mass is 604 g/mol. The lowest BCUT2D eigenvalue weighted by molar-refractivity contribution is 0.00693. The standard InChI is InChI=1S/C30H39ClF2N6O3/c1-16-6-8-19-20-9-7-18(39(20)28(40)42-29(2,3)4)14-38(19)26-21-23(16)34-25(31)22(33)24(21)35-27(36-26)41-15-30-10-5-11-37(30)13-17(32)12-30/h16-20H,5-15H2,1-4H3/t16-,17-,18-,19-,20+,30+/m1/s1. The third-order valence-corrected chi connectivity index (χ3v) is 10.3. The van der Waals surface area contributed by atoms with Gasteiger partial charge in [0.15, 0.2) is 11.0 Å². The van der Waals surface area contributed by atoms with Crippen molar-refractivity contribution in [2.75, 3.05) is 31.1 Å². The van der Waals surface area contributed by atoms with Crippen LogP contribution in [-0.4, -0.2) is 92.5 Å². The number of halogens is 3. The van der Waals surface area contributed by atoms with E-state index in [-0.39, 0.29) is 53.4 Å². The van der Waals surface area contributed by atoms with E-state index in [1.165, 1.54) is 0 Å². The fourth-order valence-electron chi connectivity index (χ4n) is 8.20. The van der Waals surface area contributed by atoms with Crippen molar-refractivity contribution in [3.05, 3.63) is 16.7 Å². The number of hydrogen-bond donors (Lipinski definition) is 0. The molecule has 0 spiro atoms. The Morgan fingerprint density at radius 1 is 1.12 bits per heavy atom. The fourth-order valence-corrected chi connectivity index (χ4v) is 8.38. The molecule has 42 heavy (non-hydrogen) atoms. The Morgan fingerprint density at radius 3 is 2.69 bits per heavy atom. The number of carbonyl (C=O) groups excluding carboxylic acids is 1. The number of hydrogen-bond acceptors (Lipinski definition) is 8. The van der Waals surface area contributed by atoms with Crippen molar-refractivity contribution in [1.82, 2.24) is 24.8 Å². The Kier molecular flexibility index (Phi) is 6.73. The van der Waals surface area contributed by atoms with Crippen LogP contribution in [0.25, 0.3) is 10.9 Å². The number of alkyl halides is 1. The van der Waals surface area contributed by atoms with Gasteiger partial charge in [-0.05, 0) is 71.8 Å². The van der Waals surface area contributed by atoms with Crippen LogP contribution in [0.4, 0.5) is 19.4 Å². The van der Waals surface area contributed by atoms with Crippen molar-refractivity contribution in [2.24, 2.45) is 0 Å². The lowest BCUT2D eigenvalue weighted by Crippen LogP contribution is -2.62. The van der Waals surface area contributed by atoms with Crippen LogP contribution in [0.1, 0.15) is 84.3 Å². The summed E-state index contributed by atoms with van der Waals surface area (Å²) in [6.45, 7) is 9.74. The average molecular weight is 605 g/mol. The summed E-state index contributed by atoms with van der Waals surface area (Å²) in [6, 6.07) is -0.103. The van der Waals surface area contributed by atoms with Crippen molar-refractivity contribution in [3.63, 3.8) is 0 Å². The molecule has 0 aromatic carbocycles. The molecule has 0 saturated carbocycles. The molecule has 9 nitrogen and oxygen atoms in total. The molecule has 2 aromatic rings. The van der Waals surface area contributed by atoms with Crippen LogP contribution in [0, 0.1) is 5.82 Å². The van der Waals surface area contributed by atoms with Crippen molar-refractivity contribution < 1.29 is 23.0 Å². The molecule has 0 aliphatic carbocycles. The molecule has 12 heteroatoms. The SMILES string of the molecule is C[C@@H]1CC[C@@H]2[C@@H]3CC[C@H](CN2c2nc(OC[C@@]45CCCN4C[C@H](F)C5)nc4c(F)c(Cl)nc1c24)N3C(=O)OC(C)(C)C. The van der Waals surface area contributed by atoms with E-state index in [0.29, 0.717) is 36.4 Å². The van der Waals surface area contributed by atoms with Crippen molar-refractivity contribution in [3.8, 4) is 6.01 Å². The summed E-state index contributed by atoms with van der Waals surface area (Å²) in [7, 11) is 0. The predicted octanol–water partition coefficient (Wildman–Crippen LogP) is 5.63. The number of piperazine rings is 1. The molecule has 4 saturated heterocycles. The highest BCUT2D eigenvalue weighted by atomic mass is 35.5. The number of anilines is 1. The molecule has 4 fully saturated rings. The van der Waals surface area contributed by atoms with Crippen LogP contribution in [0.2, 0.25) is 5.15 Å². The van der Waals surface area contributed by atoms with Gasteiger partial charge in [-0.2, -0.15) is 9.97 Å². The first kappa shape index (κ1) is 28.3. The Balaban J connectivity index is 1.30. The molecule has 228 valence electrons. The molecule has 7 heterocycles. The van der Waals surface area contributed by atoms with E-state index in [0.717, 1.165) is 45.1 Å². The quantitative estimate of drug-likeness (QED) is 0.417. The van der Waals surface area contributed by atoms with Crippen LogP contribution >= 0.6 is 11.6 Å². The second kappa shape index (κ2) is 10.0. The van der Waals surface area contributed by atoms with Gasteiger partial charge in [-0.25, -0.2) is 18.6 Å². The van der Waals surface area contributed by atoms with Crippen molar-refractivity contribution >= 4 is 34.4 Å². The number of carbonyl (C=O) groups is 1. The van der Waals surface area contributed by atoms with Crippen LogP contribution in [0.3, 0.4) is 0 Å². The van der Waals surface area contributed by atoms with E-state index in [1.807, 2.05) is 25.7 Å². The zero-order chi connectivity index (χ0) is 29.6. The number of pyridine rings is 1. The highest BCUT2D eigenvalue weighted by Gasteiger charge is 2.52. The molecule has 2 bridgehead atoms. The number of fused-ring (bicyclic) bond motifs is 6. The second-order valence-electron chi connectivity index (χ2n) is 13.9. The topological polar surface area (TPSA) is 83.9 Å². The van der Waals surface area contributed by atoms with Gasteiger partial charge >= 0.3 is 12.1 Å². The van der Waals surface area contributed by atoms with Crippen molar-refractivity contribution in [1.29, 1.82) is 0 Å². The lowest BCUT2D eigenvalue weighted by Gasteiger charge is -2.48. The first-order valence-corrected chi connectivity index (χ1v) is 15.7. The van der Waals surface area contributed by atoms with Gasteiger partial charge in [0.1, 0.15) is 29.7 Å². The zero-order valence-corrected chi connectivity index (χ0v) is 25.5. The van der Waals surface area contributed by atoms with E-state index >= 15 is 4.39 Å². The Labute approximate surface area is 249 Å². The van der Waals surface area contributed by atoms with Crippen LogP contribution in [0.15, 0.2) is 0 Å². The molecular formula is C30H39ClF2N6O3. The van der Waals surface area contributed by atoms with Gasteiger partial charge < -0.3 is 14.4 Å². The maximum absolute atomic E-state index is 15.7. The Bertz CT molecular complexity index is 1420. The maximum atomic E-state index is 15.7. The van der Waals surface area contributed by atoms with Crippen LogP contribution < -0.4 is 9.64 Å². The Hall–Kier alpha value is -2.53. The van der Waals surface area contributed by atoms with Gasteiger partial charge in [-0.1, -0.05) is 18.5 Å². The largest absolute Gasteiger partial charge is 0.461 e. The van der Waals surface area contributed by atoms with Gasteiger partial charge in [0.2, 0.25) is 0 Å². The second-order valence-corrected chi connectivity index (χ2v) is 14.3. The van der Waals surface area contributed by atoms with Crippen LogP contribution in [-0.2, 0) is 4.74 Å². The number of amides is 1. The molecule has 0 unspecified atom stereocenters. The molecule has 5 aliphatic heterocycles. The molecule has 2 aromatic heterocycles. The molecule has 5 aliphatic rings. The number of aromatic nitrogens is 3.